The van der Waals surface area contributed by atoms with Crippen molar-refractivity contribution in [3.63, 3.8) is 0 Å². The molecule has 7 nitrogen and oxygen atoms in total. The first-order valence-corrected chi connectivity index (χ1v) is 11.0. The van der Waals surface area contributed by atoms with E-state index in [2.05, 4.69) is 15.1 Å². The van der Waals surface area contributed by atoms with Crippen LogP contribution in [0.15, 0.2) is 71.9 Å². The molecule has 33 heavy (non-hydrogen) atoms. The summed E-state index contributed by atoms with van der Waals surface area (Å²) in [7, 11) is 3.42. The molecule has 3 aromatic heterocycles. The zero-order valence-electron chi connectivity index (χ0n) is 18.8. The first-order chi connectivity index (χ1) is 16.1. The fourth-order valence-corrected chi connectivity index (χ4v) is 4.07. The molecule has 1 N–H and O–H groups in total. The van der Waals surface area contributed by atoms with Crippen molar-refractivity contribution >= 4 is 17.1 Å². The Balaban J connectivity index is 0.00000126. The molecule has 0 spiro atoms. The number of ether oxygens (including phenoxy) is 1. The molecule has 3 heterocycles. The van der Waals surface area contributed by atoms with Crippen LogP contribution in [0.1, 0.15) is 13.8 Å². The summed E-state index contributed by atoms with van der Waals surface area (Å²) in [5.74, 6) is 1.50. The van der Waals surface area contributed by atoms with Crippen LogP contribution in [0.3, 0.4) is 0 Å². The van der Waals surface area contributed by atoms with Gasteiger partial charge in [0.05, 0.1) is 12.1 Å². The van der Waals surface area contributed by atoms with Gasteiger partial charge in [-0.1, -0.05) is 67.9 Å². The molecule has 0 saturated carbocycles. The normalized spacial score (nSPS) is 10.7. The van der Waals surface area contributed by atoms with Gasteiger partial charge in [-0.15, -0.1) is 5.10 Å². The highest BCUT2D eigenvalue weighted by Crippen LogP contribution is 2.41. The molecule has 0 fully saturated rings. The lowest BCUT2D eigenvalue weighted by molar-refractivity contribution is 0.415. The second-order valence-corrected chi connectivity index (χ2v) is 7.44. The van der Waals surface area contributed by atoms with Gasteiger partial charge in [0.2, 0.25) is 0 Å². The Labute approximate surface area is 196 Å². The number of fused-ring (bicyclic) bond motifs is 1. The fourth-order valence-electron chi connectivity index (χ4n) is 3.76. The molecule has 0 bridgehead atoms. The van der Waals surface area contributed by atoms with Crippen LogP contribution < -0.4 is 10.3 Å². The van der Waals surface area contributed by atoms with Gasteiger partial charge in [0.25, 0.3) is 5.56 Å². The van der Waals surface area contributed by atoms with Crippen LogP contribution in [0.25, 0.3) is 39.4 Å². The lowest BCUT2D eigenvalue weighted by Crippen LogP contribution is -2.15. The van der Waals surface area contributed by atoms with Crippen molar-refractivity contribution in [3.8, 4) is 39.7 Å². The van der Waals surface area contributed by atoms with Crippen molar-refractivity contribution in [1.82, 2.24) is 24.1 Å². The van der Waals surface area contributed by atoms with Gasteiger partial charge in [-0.2, -0.15) is 0 Å². The molecule has 2 aromatic carbocycles. The Morgan fingerprint density at radius 1 is 1.03 bits per heavy atom. The minimum atomic E-state index is -0.267. The summed E-state index contributed by atoms with van der Waals surface area (Å²) in [6.07, 6.45) is 5.28. The molecule has 0 aliphatic rings. The van der Waals surface area contributed by atoms with E-state index < -0.39 is 0 Å². The average molecular weight is 462 g/mol. The van der Waals surface area contributed by atoms with Gasteiger partial charge in [0, 0.05) is 42.3 Å². The largest absolute Gasteiger partial charge is 0.495 e. The number of methoxy groups -OCH3 is 1. The van der Waals surface area contributed by atoms with Gasteiger partial charge in [-0.25, -0.2) is 9.50 Å². The predicted molar refractivity (Wildman–Crippen MR) is 132 cm³/mol. The van der Waals surface area contributed by atoms with E-state index in [1.807, 2.05) is 69.6 Å². The van der Waals surface area contributed by atoms with Gasteiger partial charge in [0.1, 0.15) is 11.3 Å². The lowest BCUT2D eigenvalue weighted by atomic mass is 9.97. The van der Waals surface area contributed by atoms with Crippen LogP contribution in [0.2, 0.25) is 5.02 Å². The van der Waals surface area contributed by atoms with Gasteiger partial charge in [0.15, 0.2) is 11.6 Å². The SMILES string of the molecule is CC.COc1cccc(-c2cn3nc(-c4nccn4C)[nH]c(=O)c3c2-c2ccccc2)c1Cl. The van der Waals surface area contributed by atoms with Crippen LogP contribution in [0.4, 0.5) is 0 Å². The zero-order valence-corrected chi connectivity index (χ0v) is 19.6. The van der Waals surface area contributed by atoms with E-state index in [-0.39, 0.29) is 5.56 Å². The van der Waals surface area contributed by atoms with E-state index in [0.29, 0.717) is 27.9 Å². The van der Waals surface area contributed by atoms with Gasteiger partial charge >= 0.3 is 0 Å². The van der Waals surface area contributed by atoms with Crippen LogP contribution in [0.5, 0.6) is 5.75 Å². The number of imidazole rings is 1. The Morgan fingerprint density at radius 2 is 1.79 bits per heavy atom. The maximum atomic E-state index is 13.2. The number of aryl methyl sites for hydroxylation is 1. The van der Waals surface area contributed by atoms with Crippen LogP contribution in [-0.4, -0.2) is 31.3 Å². The predicted octanol–water partition coefficient (Wildman–Crippen LogP) is 5.45. The summed E-state index contributed by atoms with van der Waals surface area (Å²) in [6, 6.07) is 15.3. The molecule has 0 amide bonds. The van der Waals surface area contributed by atoms with Crippen molar-refractivity contribution in [3.05, 3.63) is 82.5 Å². The van der Waals surface area contributed by atoms with Crippen molar-refractivity contribution in [1.29, 1.82) is 0 Å². The zero-order chi connectivity index (χ0) is 23.5. The summed E-state index contributed by atoms with van der Waals surface area (Å²) in [5, 5.41) is 5.12. The minimum Gasteiger partial charge on any atom is -0.495 e. The second kappa shape index (κ2) is 9.34. The first kappa shape index (κ1) is 22.4. The number of nitrogens with zero attached hydrogens (tertiary/aromatic N) is 4. The minimum absolute atomic E-state index is 0.267. The molecular weight excluding hydrogens is 438 g/mol. The number of hydrogen-bond donors (Lipinski definition) is 1. The molecule has 5 rings (SSSR count). The lowest BCUT2D eigenvalue weighted by Gasteiger charge is -2.10. The monoisotopic (exact) mass is 461 g/mol. The maximum absolute atomic E-state index is 13.2. The molecule has 0 unspecified atom stereocenters. The highest BCUT2D eigenvalue weighted by atomic mass is 35.5. The molecular formula is C25H24ClN5O2. The number of aromatic amines is 1. The number of rotatable bonds is 4. The molecule has 0 aliphatic heterocycles. The molecule has 8 heteroatoms. The number of aromatic nitrogens is 5. The van der Waals surface area contributed by atoms with E-state index in [9.17, 15) is 4.79 Å². The number of hydrogen-bond acceptors (Lipinski definition) is 4. The molecule has 5 aromatic rings. The van der Waals surface area contributed by atoms with E-state index in [1.54, 1.807) is 34.7 Å². The van der Waals surface area contributed by atoms with Crippen molar-refractivity contribution in [2.45, 2.75) is 13.8 Å². The molecule has 0 atom stereocenters. The van der Waals surface area contributed by atoms with Crippen molar-refractivity contribution in [2.24, 2.45) is 7.05 Å². The molecule has 0 saturated heterocycles. The highest BCUT2D eigenvalue weighted by Gasteiger charge is 2.22. The van der Waals surface area contributed by atoms with E-state index in [1.165, 1.54) is 0 Å². The van der Waals surface area contributed by atoms with E-state index in [4.69, 9.17) is 16.3 Å². The maximum Gasteiger partial charge on any atom is 0.276 e. The number of nitrogens with one attached hydrogen (secondary N) is 1. The third-order valence-corrected chi connectivity index (χ3v) is 5.60. The van der Waals surface area contributed by atoms with Gasteiger partial charge < -0.3 is 14.3 Å². The number of halogens is 1. The van der Waals surface area contributed by atoms with E-state index in [0.717, 1.165) is 22.3 Å². The van der Waals surface area contributed by atoms with Crippen LogP contribution in [0, 0.1) is 0 Å². The molecule has 168 valence electrons. The third kappa shape index (κ3) is 3.91. The molecule has 0 aliphatic carbocycles. The van der Waals surface area contributed by atoms with Gasteiger partial charge in [-0.05, 0) is 11.6 Å². The summed E-state index contributed by atoms with van der Waals surface area (Å²) in [6.45, 7) is 4.00. The van der Waals surface area contributed by atoms with Crippen molar-refractivity contribution < 1.29 is 4.74 Å². The average Bonchev–Trinajstić information content (AvgIpc) is 3.45. The molecule has 0 radical (unpaired) electrons. The smallest absolute Gasteiger partial charge is 0.276 e. The Morgan fingerprint density at radius 3 is 2.45 bits per heavy atom. The number of H-pyrrole nitrogens is 1. The second-order valence-electron chi connectivity index (χ2n) is 7.06. The summed E-state index contributed by atoms with van der Waals surface area (Å²) >= 11 is 6.65. The van der Waals surface area contributed by atoms with Gasteiger partial charge in [-0.3, -0.25) is 4.79 Å². The quantitative estimate of drug-likeness (QED) is 0.386. The summed E-state index contributed by atoms with van der Waals surface area (Å²) < 4.78 is 8.79. The summed E-state index contributed by atoms with van der Waals surface area (Å²) in [4.78, 5) is 20.4. The first-order valence-electron chi connectivity index (χ1n) is 10.6. The Bertz CT molecular complexity index is 1470. The Hall–Kier alpha value is -3.84. The van der Waals surface area contributed by atoms with Crippen LogP contribution in [-0.2, 0) is 7.05 Å². The van der Waals surface area contributed by atoms with Crippen LogP contribution >= 0.6 is 11.6 Å². The summed E-state index contributed by atoms with van der Waals surface area (Å²) in [5.41, 5.74) is 3.33. The Kier molecular flexibility index (Phi) is 6.33. The fraction of sp³-hybridized carbons (Fsp3) is 0.160. The third-order valence-electron chi connectivity index (χ3n) is 5.21. The van der Waals surface area contributed by atoms with Crippen molar-refractivity contribution in [2.75, 3.05) is 7.11 Å². The standard InChI is InChI=1S/C23H18ClN5O2.C2H6/c1-28-12-11-25-22(28)21-26-23(30)20-18(14-7-4-3-5-8-14)16(13-29(20)27-21)15-9-6-10-17(31-2)19(15)24;1-2/h3-13H,1-2H3,(H,26,27,30);1-2H3. The highest BCUT2D eigenvalue weighted by molar-refractivity contribution is 6.35. The number of benzene rings is 2. The topological polar surface area (TPSA) is 77.2 Å². The van der Waals surface area contributed by atoms with E-state index >= 15 is 0 Å².